The molecular formula is C24H30N2O4. The highest BCUT2D eigenvalue weighted by Gasteiger charge is 2.21. The van der Waals surface area contributed by atoms with E-state index in [9.17, 15) is 14.7 Å². The number of hydrogen-bond acceptors (Lipinski definition) is 5. The van der Waals surface area contributed by atoms with Gasteiger partial charge in [0.1, 0.15) is 12.3 Å². The monoisotopic (exact) mass is 410 g/mol. The molecule has 3 rings (SSSR count). The number of nitrogens with zero attached hydrogens (tertiary/aromatic N) is 1. The molecule has 0 bridgehead atoms. The molecule has 2 aromatic rings. The summed E-state index contributed by atoms with van der Waals surface area (Å²) in [5, 5.41) is 12.9. The molecule has 1 saturated carbocycles. The predicted molar refractivity (Wildman–Crippen MR) is 115 cm³/mol. The molecule has 0 saturated heterocycles. The molecule has 0 atom stereocenters. The van der Waals surface area contributed by atoms with Crippen LogP contribution in [0.15, 0.2) is 24.3 Å². The summed E-state index contributed by atoms with van der Waals surface area (Å²) in [6.45, 7) is 3.79. The number of esters is 1. The Morgan fingerprint density at radius 2 is 1.80 bits per heavy atom. The molecule has 1 fully saturated rings. The molecule has 1 aromatic carbocycles. The summed E-state index contributed by atoms with van der Waals surface area (Å²) in [6.07, 6.45) is 6.44. The molecule has 1 heterocycles. The summed E-state index contributed by atoms with van der Waals surface area (Å²) in [5.74, 6) is -0.167. The predicted octanol–water partition coefficient (Wildman–Crippen LogP) is 3.95. The molecule has 30 heavy (non-hydrogen) atoms. The van der Waals surface area contributed by atoms with Crippen LogP contribution < -0.4 is 5.32 Å². The number of rotatable bonds is 6. The number of carbonyl (C=O) groups is 2. The molecule has 0 aliphatic heterocycles. The highest BCUT2D eigenvalue weighted by Crippen LogP contribution is 2.36. The maximum atomic E-state index is 12.3. The van der Waals surface area contributed by atoms with Gasteiger partial charge < -0.3 is 15.2 Å². The summed E-state index contributed by atoms with van der Waals surface area (Å²) < 4.78 is 4.55. The normalized spacial score (nSPS) is 14.4. The zero-order chi connectivity index (χ0) is 21.7. The van der Waals surface area contributed by atoms with E-state index < -0.39 is 5.97 Å². The second-order valence-electron chi connectivity index (χ2n) is 8.07. The Hall–Kier alpha value is -2.89. The number of nitrogens with one attached hydrogen (secondary N) is 1. The van der Waals surface area contributed by atoms with Crippen molar-refractivity contribution in [1.29, 1.82) is 0 Å². The van der Waals surface area contributed by atoms with Crippen LogP contribution in [0.3, 0.4) is 0 Å². The van der Waals surface area contributed by atoms with Crippen LogP contribution in [-0.2, 0) is 16.0 Å². The van der Waals surface area contributed by atoms with Crippen molar-refractivity contribution < 1.29 is 19.4 Å². The molecule has 6 heteroatoms. The molecule has 0 unspecified atom stereocenters. The van der Waals surface area contributed by atoms with Gasteiger partial charge in [-0.2, -0.15) is 0 Å². The van der Waals surface area contributed by atoms with E-state index in [1.165, 1.54) is 26.4 Å². The third kappa shape index (κ3) is 5.17. The first-order chi connectivity index (χ1) is 14.4. The van der Waals surface area contributed by atoms with Crippen LogP contribution in [0.1, 0.15) is 76.5 Å². The third-order valence-corrected chi connectivity index (χ3v) is 5.89. The van der Waals surface area contributed by atoms with Crippen molar-refractivity contribution in [2.75, 3.05) is 13.7 Å². The number of benzene rings is 1. The number of ether oxygens (including phenoxy) is 1. The first kappa shape index (κ1) is 21.8. The Morgan fingerprint density at radius 1 is 1.13 bits per heavy atom. The van der Waals surface area contributed by atoms with E-state index in [1.54, 1.807) is 6.07 Å². The molecule has 1 aliphatic rings. The van der Waals surface area contributed by atoms with Crippen molar-refractivity contribution in [2.24, 2.45) is 0 Å². The SMILES string of the molecule is COC(=O)CNC(=O)c1cc(C)c(Cc2ccc(O)c(C3CCCCC3)n2)c(C)c1. The Balaban J connectivity index is 1.78. The molecule has 160 valence electrons. The van der Waals surface area contributed by atoms with E-state index in [0.29, 0.717) is 17.9 Å². The lowest BCUT2D eigenvalue weighted by molar-refractivity contribution is -0.139. The van der Waals surface area contributed by atoms with Gasteiger partial charge in [0.05, 0.1) is 12.8 Å². The zero-order valence-corrected chi connectivity index (χ0v) is 18.0. The molecule has 1 aromatic heterocycles. The maximum Gasteiger partial charge on any atom is 0.325 e. The van der Waals surface area contributed by atoms with Crippen LogP contribution >= 0.6 is 0 Å². The van der Waals surface area contributed by atoms with Crippen molar-refractivity contribution in [3.8, 4) is 5.75 Å². The lowest BCUT2D eigenvalue weighted by atomic mass is 9.86. The summed E-state index contributed by atoms with van der Waals surface area (Å²) in [4.78, 5) is 28.4. The molecule has 1 amide bonds. The van der Waals surface area contributed by atoms with Crippen LogP contribution in [0.25, 0.3) is 0 Å². The molecular weight excluding hydrogens is 380 g/mol. The van der Waals surface area contributed by atoms with E-state index in [-0.39, 0.29) is 18.2 Å². The van der Waals surface area contributed by atoms with Gasteiger partial charge in [0.25, 0.3) is 5.91 Å². The summed E-state index contributed by atoms with van der Waals surface area (Å²) >= 11 is 0. The fourth-order valence-corrected chi connectivity index (χ4v) is 4.20. The van der Waals surface area contributed by atoms with Crippen LogP contribution in [0, 0.1) is 13.8 Å². The van der Waals surface area contributed by atoms with Gasteiger partial charge in [0.2, 0.25) is 0 Å². The van der Waals surface area contributed by atoms with Gasteiger partial charge in [-0.25, -0.2) is 0 Å². The van der Waals surface area contributed by atoms with Crippen molar-refractivity contribution in [3.63, 3.8) is 0 Å². The standard InChI is InChI=1S/C24H30N2O4/c1-15-11-18(24(29)25-14-22(28)30-3)12-16(2)20(15)13-19-9-10-21(27)23(26-19)17-7-5-4-6-8-17/h9-12,17,27H,4-8,13-14H2,1-3H3,(H,25,29). The Labute approximate surface area is 177 Å². The molecule has 6 nitrogen and oxygen atoms in total. The van der Waals surface area contributed by atoms with Crippen LogP contribution in [0.5, 0.6) is 5.75 Å². The van der Waals surface area contributed by atoms with E-state index in [0.717, 1.165) is 40.9 Å². The first-order valence-corrected chi connectivity index (χ1v) is 10.5. The minimum atomic E-state index is -0.486. The summed E-state index contributed by atoms with van der Waals surface area (Å²) in [6, 6.07) is 7.29. The highest BCUT2D eigenvalue weighted by atomic mass is 16.5. The fourth-order valence-electron chi connectivity index (χ4n) is 4.20. The largest absolute Gasteiger partial charge is 0.506 e. The van der Waals surface area contributed by atoms with Crippen molar-refractivity contribution in [2.45, 2.75) is 58.3 Å². The van der Waals surface area contributed by atoms with Gasteiger partial charge in [-0.15, -0.1) is 0 Å². The molecule has 0 radical (unpaired) electrons. The van der Waals surface area contributed by atoms with Gasteiger partial charge in [-0.05, 0) is 67.6 Å². The maximum absolute atomic E-state index is 12.3. The second kappa shape index (κ2) is 9.74. The van der Waals surface area contributed by atoms with Crippen LogP contribution in [0.4, 0.5) is 0 Å². The average Bonchev–Trinajstić information content (AvgIpc) is 2.75. The minimum absolute atomic E-state index is 0.156. The van der Waals surface area contributed by atoms with Crippen LogP contribution in [-0.4, -0.2) is 35.6 Å². The lowest BCUT2D eigenvalue weighted by Gasteiger charge is -2.22. The number of amides is 1. The number of hydrogen-bond donors (Lipinski definition) is 2. The third-order valence-electron chi connectivity index (χ3n) is 5.89. The lowest BCUT2D eigenvalue weighted by Crippen LogP contribution is -2.30. The second-order valence-corrected chi connectivity index (χ2v) is 8.07. The number of pyridine rings is 1. The van der Waals surface area contributed by atoms with Gasteiger partial charge in [-0.3, -0.25) is 14.6 Å². The quantitative estimate of drug-likeness (QED) is 0.704. The number of aromatic hydroxyl groups is 1. The van der Waals surface area contributed by atoms with E-state index in [1.807, 2.05) is 32.0 Å². The topological polar surface area (TPSA) is 88.5 Å². The Kier molecular flexibility index (Phi) is 7.08. The first-order valence-electron chi connectivity index (χ1n) is 10.5. The minimum Gasteiger partial charge on any atom is -0.506 e. The fraction of sp³-hybridized carbons (Fsp3) is 0.458. The number of aryl methyl sites for hydroxylation is 2. The Morgan fingerprint density at radius 3 is 2.43 bits per heavy atom. The number of methoxy groups -OCH3 is 1. The number of carbonyl (C=O) groups excluding carboxylic acids is 2. The van der Waals surface area contributed by atoms with E-state index in [4.69, 9.17) is 4.98 Å². The molecule has 1 aliphatic carbocycles. The summed E-state index contributed by atoms with van der Waals surface area (Å²) in [7, 11) is 1.29. The van der Waals surface area contributed by atoms with Crippen LogP contribution in [0.2, 0.25) is 0 Å². The van der Waals surface area contributed by atoms with E-state index in [2.05, 4.69) is 10.1 Å². The van der Waals surface area contributed by atoms with E-state index >= 15 is 0 Å². The average molecular weight is 411 g/mol. The van der Waals surface area contributed by atoms with Crippen molar-refractivity contribution >= 4 is 11.9 Å². The van der Waals surface area contributed by atoms with Gasteiger partial charge in [0.15, 0.2) is 0 Å². The highest BCUT2D eigenvalue weighted by molar-refractivity contribution is 5.96. The number of aromatic nitrogens is 1. The Bertz CT molecular complexity index is 910. The molecule has 0 spiro atoms. The van der Waals surface area contributed by atoms with Gasteiger partial charge >= 0.3 is 5.97 Å². The molecule has 2 N–H and O–H groups in total. The van der Waals surface area contributed by atoms with Gasteiger partial charge in [-0.1, -0.05) is 19.3 Å². The zero-order valence-electron chi connectivity index (χ0n) is 18.0. The van der Waals surface area contributed by atoms with Gasteiger partial charge in [0, 0.05) is 23.6 Å². The summed E-state index contributed by atoms with van der Waals surface area (Å²) in [5.41, 5.74) is 5.36. The van der Waals surface area contributed by atoms with Crippen molar-refractivity contribution in [3.05, 3.63) is 57.9 Å². The smallest absolute Gasteiger partial charge is 0.325 e. The van der Waals surface area contributed by atoms with Crippen molar-refractivity contribution in [1.82, 2.24) is 10.3 Å².